The second-order valence-electron chi connectivity index (χ2n) is 8.02. The highest BCUT2D eigenvalue weighted by atomic mass is 16.5. The predicted molar refractivity (Wildman–Crippen MR) is 116 cm³/mol. The van der Waals surface area contributed by atoms with E-state index in [1.54, 1.807) is 30.5 Å². The number of nitrogens with one attached hydrogen (secondary N) is 1. The highest BCUT2D eigenvalue weighted by Gasteiger charge is 2.29. The summed E-state index contributed by atoms with van der Waals surface area (Å²) in [6.45, 7) is 1.52. The van der Waals surface area contributed by atoms with Crippen molar-refractivity contribution in [2.75, 3.05) is 18.5 Å². The van der Waals surface area contributed by atoms with Crippen LogP contribution in [0, 0.1) is 0 Å². The van der Waals surface area contributed by atoms with Crippen molar-refractivity contribution >= 4 is 17.4 Å². The van der Waals surface area contributed by atoms with Crippen LogP contribution in [-0.2, 0) is 4.74 Å². The van der Waals surface area contributed by atoms with E-state index in [1.807, 2.05) is 18.3 Å². The molecule has 5 rings (SSSR count). The number of benzene rings is 1. The van der Waals surface area contributed by atoms with E-state index in [9.17, 15) is 4.79 Å². The van der Waals surface area contributed by atoms with Gasteiger partial charge in [-0.3, -0.25) is 9.48 Å². The molecular formula is C23H25N5O3. The molecular weight excluding hydrogens is 394 g/mol. The van der Waals surface area contributed by atoms with Gasteiger partial charge in [-0.25, -0.2) is 4.98 Å². The molecule has 1 saturated heterocycles. The molecule has 8 heteroatoms. The lowest BCUT2D eigenvalue weighted by Gasteiger charge is -2.21. The lowest BCUT2D eigenvalue weighted by Crippen LogP contribution is -2.15. The minimum absolute atomic E-state index is 0.354. The van der Waals surface area contributed by atoms with Crippen LogP contribution in [0.3, 0.4) is 0 Å². The number of aromatic nitrogens is 3. The number of carbonyl (C=O) groups excluding carboxylic acids is 1. The summed E-state index contributed by atoms with van der Waals surface area (Å²) < 4.78 is 13.9. The number of amides is 1. The molecule has 31 heavy (non-hydrogen) atoms. The van der Waals surface area contributed by atoms with Crippen LogP contribution in [0.15, 0.2) is 48.8 Å². The topological polar surface area (TPSA) is 104 Å². The number of pyridine rings is 1. The summed E-state index contributed by atoms with van der Waals surface area (Å²) in [5.74, 6) is 2.04. The summed E-state index contributed by atoms with van der Waals surface area (Å²) in [5, 5.41) is 8.10. The molecule has 0 bridgehead atoms. The Hall–Kier alpha value is -3.39. The van der Waals surface area contributed by atoms with Crippen LogP contribution in [0.5, 0.6) is 11.5 Å². The van der Waals surface area contributed by atoms with Crippen LogP contribution < -0.4 is 15.8 Å². The van der Waals surface area contributed by atoms with Crippen molar-refractivity contribution in [3.8, 4) is 11.5 Å². The maximum absolute atomic E-state index is 11.2. The monoisotopic (exact) mass is 419 g/mol. The van der Waals surface area contributed by atoms with E-state index in [-0.39, 0.29) is 0 Å². The largest absolute Gasteiger partial charge is 0.454 e. The zero-order chi connectivity index (χ0) is 21.2. The second kappa shape index (κ2) is 8.39. The minimum Gasteiger partial charge on any atom is -0.454 e. The van der Waals surface area contributed by atoms with Crippen molar-refractivity contribution < 1.29 is 14.3 Å². The predicted octanol–water partition coefficient (Wildman–Crippen LogP) is 4.14. The van der Waals surface area contributed by atoms with Gasteiger partial charge < -0.3 is 20.5 Å². The Morgan fingerprint density at radius 3 is 2.61 bits per heavy atom. The number of primary amides is 1. The summed E-state index contributed by atoms with van der Waals surface area (Å²) >= 11 is 0. The summed E-state index contributed by atoms with van der Waals surface area (Å²) in [4.78, 5) is 15.6. The van der Waals surface area contributed by atoms with Gasteiger partial charge in [-0.1, -0.05) is 0 Å². The van der Waals surface area contributed by atoms with Gasteiger partial charge in [-0.15, -0.1) is 0 Å². The highest BCUT2D eigenvalue weighted by Crippen LogP contribution is 2.40. The molecule has 1 aromatic carbocycles. The van der Waals surface area contributed by atoms with Gasteiger partial charge in [0.1, 0.15) is 17.3 Å². The fourth-order valence-corrected chi connectivity index (χ4v) is 3.78. The molecule has 8 nitrogen and oxygen atoms in total. The van der Waals surface area contributed by atoms with Gasteiger partial charge in [0.05, 0.1) is 12.2 Å². The van der Waals surface area contributed by atoms with Gasteiger partial charge in [-0.05, 0) is 56.0 Å². The van der Waals surface area contributed by atoms with Crippen LogP contribution >= 0.6 is 0 Å². The average molecular weight is 419 g/mol. The number of ether oxygens (including phenoxy) is 2. The third kappa shape index (κ3) is 4.54. The Labute approximate surface area is 180 Å². The lowest BCUT2D eigenvalue weighted by atomic mass is 9.96. The van der Waals surface area contributed by atoms with Crippen molar-refractivity contribution in [2.24, 2.45) is 5.73 Å². The Balaban J connectivity index is 1.35. The van der Waals surface area contributed by atoms with E-state index in [0.29, 0.717) is 29.1 Å². The molecule has 0 spiro atoms. The molecule has 1 aliphatic heterocycles. The quantitative estimate of drug-likeness (QED) is 0.596. The summed E-state index contributed by atoms with van der Waals surface area (Å²) in [6.07, 6.45) is 8.00. The molecule has 0 atom stereocenters. The number of rotatable bonds is 7. The Morgan fingerprint density at radius 2 is 1.90 bits per heavy atom. The molecule has 1 aliphatic carbocycles. The van der Waals surface area contributed by atoms with E-state index >= 15 is 0 Å². The normalized spacial score (nSPS) is 16.8. The number of hydrogen-bond donors (Lipinski definition) is 2. The molecule has 160 valence electrons. The van der Waals surface area contributed by atoms with Crippen molar-refractivity contribution in [1.82, 2.24) is 14.8 Å². The number of hydrogen-bond acceptors (Lipinski definition) is 6. The summed E-state index contributed by atoms with van der Waals surface area (Å²) in [5.41, 5.74) is 7.58. The van der Waals surface area contributed by atoms with Gasteiger partial charge >= 0.3 is 0 Å². The molecule has 3 heterocycles. The van der Waals surface area contributed by atoms with Crippen LogP contribution in [0.4, 0.5) is 11.5 Å². The molecule has 2 aromatic heterocycles. The van der Waals surface area contributed by atoms with Crippen molar-refractivity contribution in [3.63, 3.8) is 0 Å². The Bertz CT molecular complexity index is 1070. The molecule has 1 saturated carbocycles. The molecule has 3 N–H and O–H groups in total. The first-order valence-corrected chi connectivity index (χ1v) is 10.6. The first-order valence-electron chi connectivity index (χ1n) is 10.6. The molecule has 2 aliphatic rings. The first kappa shape index (κ1) is 19.6. The molecule has 1 amide bonds. The number of carbonyl (C=O) groups is 1. The van der Waals surface area contributed by atoms with Crippen LogP contribution in [0.2, 0.25) is 0 Å². The average Bonchev–Trinajstić information content (AvgIpc) is 3.56. The summed E-state index contributed by atoms with van der Waals surface area (Å²) in [7, 11) is 0. The minimum atomic E-state index is -0.452. The number of anilines is 2. The lowest BCUT2D eigenvalue weighted by molar-refractivity contribution is 0.0839. The van der Waals surface area contributed by atoms with Crippen molar-refractivity contribution in [2.45, 2.75) is 37.6 Å². The standard InChI is InChI=1S/C23H25N5O3/c24-23(29)16-1-3-17(4-2-16)26-21-13-19(7-10-25-21)31-20-14-28(18-5-6-18)27-22(20)15-8-11-30-12-9-15/h1-4,7,10,13-15,18H,5-6,8-9,11-12H2,(H2,24,29)(H,25,26). The highest BCUT2D eigenvalue weighted by molar-refractivity contribution is 5.93. The maximum Gasteiger partial charge on any atom is 0.248 e. The van der Waals surface area contributed by atoms with E-state index in [1.165, 1.54) is 12.8 Å². The van der Waals surface area contributed by atoms with Crippen LogP contribution in [-0.4, -0.2) is 33.9 Å². The van der Waals surface area contributed by atoms with Gasteiger partial charge in [0.15, 0.2) is 5.75 Å². The van der Waals surface area contributed by atoms with Crippen molar-refractivity contribution in [3.05, 3.63) is 60.0 Å². The second-order valence-corrected chi connectivity index (χ2v) is 8.02. The maximum atomic E-state index is 11.2. The van der Waals surface area contributed by atoms with E-state index in [2.05, 4.69) is 15.0 Å². The SMILES string of the molecule is NC(=O)c1ccc(Nc2cc(Oc3cn(C4CC4)nc3C3CCOCC3)ccn2)cc1. The zero-order valence-electron chi connectivity index (χ0n) is 17.2. The van der Waals surface area contributed by atoms with Crippen LogP contribution in [0.25, 0.3) is 0 Å². The van der Waals surface area contributed by atoms with E-state index in [0.717, 1.165) is 43.2 Å². The zero-order valence-corrected chi connectivity index (χ0v) is 17.2. The van der Waals surface area contributed by atoms with E-state index in [4.69, 9.17) is 20.3 Å². The number of nitrogens with two attached hydrogens (primary N) is 1. The Morgan fingerprint density at radius 1 is 1.13 bits per heavy atom. The van der Waals surface area contributed by atoms with Gasteiger partial charge in [-0.2, -0.15) is 5.10 Å². The van der Waals surface area contributed by atoms with E-state index < -0.39 is 5.91 Å². The fraction of sp³-hybridized carbons (Fsp3) is 0.348. The third-order valence-electron chi connectivity index (χ3n) is 5.66. The third-order valence-corrected chi connectivity index (χ3v) is 5.66. The number of nitrogens with zero attached hydrogens (tertiary/aromatic N) is 3. The molecule has 0 unspecified atom stereocenters. The molecule has 3 aromatic rings. The van der Waals surface area contributed by atoms with Crippen LogP contribution in [0.1, 0.15) is 53.7 Å². The van der Waals surface area contributed by atoms with Crippen molar-refractivity contribution in [1.29, 1.82) is 0 Å². The molecule has 0 radical (unpaired) electrons. The smallest absolute Gasteiger partial charge is 0.248 e. The summed E-state index contributed by atoms with van der Waals surface area (Å²) in [6, 6.07) is 11.1. The fourth-order valence-electron chi connectivity index (χ4n) is 3.78. The molecule has 2 fully saturated rings. The van der Waals surface area contributed by atoms with Gasteiger partial charge in [0.25, 0.3) is 0 Å². The first-order chi connectivity index (χ1) is 15.2. The van der Waals surface area contributed by atoms with Gasteiger partial charge in [0, 0.05) is 42.6 Å². The Kier molecular flexibility index (Phi) is 5.30. The van der Waals surface area contributed by atoms with Gasteiger partial charge in [0.2, 0.25) is 5.91 Å².